The highest BCUT2D eigenvalue weighted by molar-refractivity contribution is 8.26. The summed E-state index contributed by atoms with van der Waals surface area (Å²) >= 11 is 6.74. The van der Waals surface area contributed by atoms with Crippen LogP contribution < -0.4 is 4.74 Å². The molecule has 1 amide bonds. The van der Waals surface area contributed by atoms with Crippen LogP contribution in [-0.4, -0.2) is 49.6 Å². The molecule has 4 rings (SSSR count). The van der Waals surface area contributed by atoms with Crippen molar-refractivity contribution >= 4 is 46.3 Å². The summed E-state index contributed by atoms with van der Waals surface area (Å²) in [5, 5.41) is 13.6. The summed E-state index contributed by atoms with van der Waals surface area (Å²) in [5.74, 6) is -0.185. The topological polar surface area (TPSA) is 84.7 Å². The number of carboxylic acid groups (broad SMARTS) is 1. The van der Waals surface area contributed by atoms with Gasteiger partial charge in [-0.05, 0) is 55.3 Å². The Kier molecular flexibility index (Phi) is 7.99. The smallest absolute Gasteiger partial charge is 0.303 e. The molecule has 2 aromatic carbocycles. The Balaban J connectivity index is 1.60. The molecule has 0 radical (unpaired) electrons. The van der Waals surface area contributed by atoms with Crippen LogP contribution in [0.25, 0.3) is 23.0 Å². The van der Waals surface area contributed by atoms with Gasteiger partial charge < -0.3 is 9.84 Å². The highest BCUT2D eigenvalue weighted by atomic mass is 32.2. The lowest BCUT2D eigenvalue weighted by atomic mass is 10.1. The van der Waals surface area contributed by atoms with Gasteiger partial charge in [-0.25, -0.2) is 4.68 Å². The number of carboxylic acids is 1. The fraction of sp³-hybridized carbons (Fsp3) is 0.231. The summed E-state index contributed by atoms with van der Waals surface area (Å²) in [7, 11) is 1.62. The molecular formula is C26H25N3O4S2. The van der Waals surface area contributed by atoms with E-state index in [2.05, 4.69) is 0 Å². The van der Waals surface area contributed by atoms with Crippen LogP contribution in [0, 0.1) is 0 Å². The lowest BCUT2D eigenvalue weighted by Gasteiger charge is -2.13. The highest BCUT2D eigenvalue weighted by Crippen LogP contribution is 2.35. The maximum Gasteiger partial charge on any atom is 0.303 e. The van der Waals surface area contributed by atoms with Crippen LogP contribution in [-0.2, 0) is 9.59 Å². The molecule has 7 nitrogen and oxygen atoms in total. The molecule has 35 heavy (non-hydrogen) atoms. The minimum absolute atomic E-state index is 0.133. The number of carbonyl (C=O) groups excluding carboxylic acids is 1. The van der Waals surface area contributed by atoms with Gasteiger partial charge in [0, 0.05) is 30.3 Å². The van der Waals surface area contributed by atoms with E-state index in [4.69, 9.17) is 27.2 Å². The number of unbranched alkanes of at least 4 members (excludes halogenated alkanes) is 2. The molecule has 3 aromatic rings. The molecule has 0 bridgehead atoms. The molecule has 0 unspecified atom stereocenters. The quantitative estimate of drug-likeness (QED) is 0.224. The number of carbonyl (C=O) groups is 2. The molecule has 2 heterocycles. The number of benzene rings is 2. The van der Waals surface area contributed by atoms with Gasteiger partial charge in [-0.3, -0.25) is 14.5 Å². The summed E-state index contributed by atoms with van der Waals surface area (Å²) in [5.41, 5.74) is 3.37. The second kappa shape index (κ2) is 11.3. The number of thiocarbonyl (C=S) groups is 1. The van der Waals surface area contributed by atoms with E-state index < -0.39 is 5.97 Å². The largest absolute Gasteiger partial charge is 0.497 e. The first-order chi connectivity index (χ1) is 17.0. The van der Waals surface area contributed by atoms with E-state index in [0.29, 0.717) is 28.6 Å². The van der Waals surface area contributed by atoms with E-state index in [-0.39, 0.29) is 12.3 Å². The van der Waals surface area contributed by atoms with Gasteiger partial charge in [0.05, 0.1) is 23.4 Å². The van der Waals surface area contributed by atoms with Crippen molar-refractivity contribution in [3.8, 4) is 22.7 Å². The Bertz CT molecular complexity index is 1250. The Hall–Kier alpha value is -3.43. The number of aromatic nitrogens is 2. The first-order valence-corrected chi connectivity index (χ1v) is 12.5. The fourth-order valence-corrected chi connectivity index (χ4v) is 5.04. The normalized spacial score (nSPS) is 14.7. The summed E-state index contributed by atoms with van der Waals surface area (Å²) in [6, 6.07) is 17.4. The Morgan fingerprint density at radius 2 is 1.86 bits per heavy atom. The third-order valence-electron chi connectivity index (χ3n) is 5.56. The lowest BCUT2D eigenvalue weighted by Crippen LogP contribution is -2.29. The number of nitrogens with zero attached hydrogens (tertiary/aromatic N) is 3. The van der Waals surface area contributed by atoms with E-state index in [1.807, 2.05) is 66.9 Å². The average Bonchev–Trinajstić information content (AvgIpc) is 3.40. The lowest BCUT2D eigenvalue weighted by molar-refractivity contribution is -0.137. The van der Waals surface area contributed by atoms with Crippen LogP contribution in [0.2, 0.25) is 0 Å². The molecule has 1 aliphatic heterocycles. The standard InChI is InChI=1S/C26H25N3O4S2/c1-33-21-13-11-18(12-14-21)24-19(17-29(27-24)20-8-4-2-5-9-20)16-22-25(32)28(26(34)35-22)15-7-3-6-10-23(30)31/h2,4-5,8-9,11-14,16-17H,3,6-7,10,15H2,1H3,(H,30,31)/b22-16+. The Labute approximate surface area is 213 Å². The van der Waals surface area contributed by atoms with E-state index in [9.17, 15) is 9.59 Å². The average molecular weight is 508 g/mol. The SMILES string of the molecule is COc1ccc(-c2nn(-c3ccccc3)cc2/C=C2/SC(=S)N(CCCCCC(=O)O)C2=O)cc1. The van der Waals surface area contributed by atoms with E-state index in [0.717, 1.165) is 34.7 Å². The number of rotatable bonds is 10. The van der Waals surface area contributed by atoms with E-state index in [1.54, 1.807) is 16.7 Å². The first kappa shape index (κ1) is 24.7. The van der Waals surface area contributed by atoms with E-state index >= 15 is 0 Å². The number of amides is 1. The number of para-hydroxylation sites is 1. The van der Waals surface area contributed by atoms with Gasteiger partial charge in [0.2, 0.25) is 0 Å². The number of hydrogen-bond donors (Lipinski definition) is 1. The van der Waals surface area contributed by atoms with Crippen molar-refractivity contribution in [3.05, 3.63) is 71.3 Å². The fourth-order valence-electron chi connectivity index (χ4n) is 3.74. The number of thioether (sulfide) groups is 1. The maximum absolute atomic E-state index is 13.1. The van der Waals surface area contributed by atoms with Gasteiger partial charge >= 0.3 is 5.97 Å². The third-order valence-corrected chi connectivity index (χ3v) is 6.94. The molecule has 1 aromatic heterocycles. The van der Waals surface area contributed by atoms with Crippen molar-refractivity contribution in [3.63, 3.8) is 0 Å². The first-order valence-electron chi connectivity index (χ1n) is 11.2. The maximum atomic E-state index is 13.1. The number of ether oxygens (including phenoxy) is 1. The van der Waals surface area contributed by atoms with Crippen molar-refractivity contribution in [1.82, 2.24) is 14.7 Å². The number of hydrogen-bond acceptors (Lipinski definition) is 6. The molecule has 1 N–H and O–H groups in total. The van der Waals surface area contributed by atoms with Crippen molar-refractivity contribution in [2.24, 2.45) is 0 Å². The minimum atomic E-state index is -0.803. The zero-order valence-electron chi connectivity index (χ0n) is 19.2. The molecule has 0 aliphatic carbocycles. The summed E-state index contributed by atoms with van der Waals surface area (Å²) in [4.78, 5) is 25.9. The van der Waals surface area contributed by atoms with Gasteiger partial charge in [0.15, 0.2) is 0 Å². The second-order valence-electron chi connectivity index (χ2n) is 7.98. The van der Waals surface area contributed by atoms with Crippen LogP contribution in [0.15, 0.2) is 65.7 Å². The zero-order chi connectivity index (χ0) is 24.8. The molecule has 1 fully saturated rings. The predicted octanol–water partition coefficient (Wildman–Crippen LogP) is 5.39. The summed E-state index contributed by atoms with van der Waals surface area (Å²) in [6.07, 6.45) is 5.91. The molecule has 180 valence electrons. The molecule has 1 saturated heterocycles. The molecule has 0 spiro atoms. The monoisotopic (exact) mass is 507 g/mol. The van der Waals surface area contributed by atoms with E-state index in [1.165, 1.54) is 11.8 Å². The van der Waals surface area contributed by atoms with Crippen LogP contribution in [0.4, 0.5) is 0 Å². The van der Waals surface area contributed by atoms with Gasteiger partial charge in [0.25, 0.3) is 5.91 Å². The third kappa shape index (κ3) is 5.98. The summed E-state index contributed by atoms with van der Waals surface area (Å²) in [6.45, 7) is 0.482. The molecule has 9 heteroatoms. The van der Waals surface area contributed by atoms with Crippen molar-refractivity contribution in [2.75, 3.05) is 13.7 Å². The van der Waals surface area contributed by atoms with Gasteiger partial charge in [-0.15, -0.1) is 0 Å². The summed E-state index contributed by atoms with van der Waals surface area (Å²) < 4.78 is 7.59. The minimum Gasteiger partial charge on any atom is -0.497 e. The highest BCUT2D eigenvalue weighted by Gasteiger charge is 2.32. The van der Waals surface area contributed by atoms with Gasteiger partial charge in [0.1, 0.15) is 10.1 Å². The van der Waals surface area contributed by atoms with Crippen molar-refractivity contribution in [1.29, 1.82) is 0 Å². The number of methoxy groups -OCH3 is 1. The second-order valence-corrected chi connectivity index (χ2v) is 9.66. The van der Waals surface area contributed by atoms with Crippen LogP contribution in [0.1, 0.15) is 31.2 Å². The zero-order valence-corrected chi connectivity index (χ0v) is 20.8. The van der Waals surface area contributed by atoms with Crippen molar-refractivity contribution in [2.45, 2.75) is 25.7 Å². The van der Waals surface area contributed by atoms with Gasteiger partial charge in [-0.1, -0.05) is 48.6 Å². The van der Waals surface area contributed by atoms with Crippen molar-refractivity contribution < 1.29 is 19.4 Å². The Morgan fingerprint density at radius 3 is 2.54 bits per heavy atom. The van der Waals surface area contributed by atoms with Crippen LogP contribution >= 0.6 is 24.0 Å². The number of aliphatic carboxylic acids is 1. The molecule has 1 aliphatic rings. The van der Waals surface area contributed by atoms with Gasteiger partial charge in [-0.2, -0.15) is 5.10 Å². The molecule has 0 atom stereocenters. The molecule has 0 saturated carbocycles. The van der Waals surface area contributed by atoms with Crippen LogP contribution in [0.3, 0.4) is 0 Å². The van der Waals surface area contributed by atoms with Crippen LogP contribution in [0.5, 0.6) is 5.75 Å². The predicted molar refractivity (Wildman–Crippen MR) is 142 cm³/mol. The Morgan fingerprint density at radius 1 is 1.11 bits per heavy atom. The molecular weight excluding hydrogens is 482 g/mol.